The number of amides is 1. The van der Waals surface area contributed by atoms with Crippen LogP contribution in [0.25, 0.3) is 0 Å². The molecule has 1 aliphatic carbocycles. The predicted octanol–water partition coefficient (Wildman–Crippen LogP) is 7.85. The van der Waals surface area contributed by atoms with Gasteiger partial charge >= 0.3 is 0 Å². The standard InChI is InChI=1S/C29H37BrN4O2S/c1-5-21-11-9-10-14-25(21)31-28(35)18-37-29-33-32-27(34(29)22-12-7-6-8-13-22)17-36-26-15-20(4)24(30)16-23(26)19(2)3/h9-11,14-16,19,22H,5-8,12-13,17-18H2,1-4H3,(H,31,35). The SMILES string of the molecule is CCc1ccccc1NC(=O)CSc1nnc(COc2cc(C)c(Br)cc2C(C)C)n1C1CCCCC1. The highest BCUT2D eigenvalue weighted by Gasteiger charge is 2.24. The van der Waals surface area contributed by atoms with E-state index < -0.39 is 0 Å². The molecule has 1 heterocycles. The van der Waals surface area contributed by atoms with Crippen LogP contribution in [0.1, 0.15) is 87.3 Å². The zero-order valence-electron chi connectivity index (χ0n) is 22.2. The van der Waals surface area contributed by atoms with Gasteiger partial charge in [0.15, 0.2) is 11.0 Å². The fraction of sp³-hybridized carbons (Fsp3) is 0.483. The molecule has 3 aromatic rings. The van der Waals surface area contributed by atoms with Crippen LogP contribution >= 0.6 is 27.7 Å². The van der Waals surface area contributed by atoms with Gasteiger partial charge in [0.2, 0.25) is 5.91 Å². The second-order valence-corrected chi connectivity index (χ2v) is 11.8. The Hall–Kier alpha value is -2.32. The minimum absolute atomic E-state index is 0.0335. The summed E-state index contributed by atoms with van der Waals surface area (Å²) in [6.07, 6.45) is 6.74. The average Bonchev–Trinajstić information content (AvgIpc) is 3.31. The van der Waals surface area contributed by atoms with E-state index in [1.54, 1.807) is 0 Å². The van der Waals surface area contributed by atoms with Gasteiger partial charge in [-0.3, -0.25) is 9.36 Å². The van der Waals surface area contributed by atoms with Crippen molar-refractivity contribution in [1.82, 2.24) is 14.8 Å². The number of hydrogen-bond donors (Lipinski definition) is 1. The van der Waals surface area contributed by atoms with E-state index >= 15 is 0 Å². The number of carbonyl (C=O) groups is 1. The Morgan fingerprint density at radius 3 is 2.68 bits per heavy atom. The third kappa shape index (κ3) is 6.96. The maximum absolute atomic E-state index is 12.8. The average molecular weight is 586 g/mol. The normalized spacial score (nSPS) is 14.2. The van der Waals surface area contributed by atoms with Gasteiger partial charge in [0.1, 0.15) is 12.4 Å². The van der Waals surface area contributed by atoms with E-state index in [-0.39, 0.29) is 11.7 Å². The summed E-state index contributed by atoms with van der Waals surface area (Å²) in [5, 5.41) is 12.9. The number of benzene rings is 2. The first kappa shape index (κ1) is 27.7. The molecule has 1 N–H and O–H groups in total. The van der Waals surface area contributed by atoms with Crippen molar-refractivity contribution in [3.05, 3.63) is 63.4 Å². The van der Waals surface area contributed by atoms with Crippen molar-refractivity contribution in [3.8, 4) is 5.75 Å². The van der Waals surface area contributed by atoms with Gasteiger partial charge in [-0.25, -0.2) is 0 Å². The molecule has 37 heavy (non-hydrogen) atoms. The molecule has 6 nitrogen and oxygen atoms in total. The van der Waals surface area contributed by atoms with Gasteiger partial charge in [-0.1, -0.05) is 85.9 Å². The molecule has 0 unspecified atom stereocenters. The summed E-state index contributed by atoms with van der Waals surface area (Å²) in [7, 11) is 0. The van der Waals surface area contributed by atoms with Crippen LogP contribution in [0.3, 0.4) is 0 Å². The highest BCUT2D eigenvalue weighted by Crippen LogP contribution is 2.35. The van der Waals surface area contributed by atoms with Crippen molar-refractivity contribution in [2.75, 3.05) is 11.1 Å². The number of nitrogens with one attached hydrogen (secondary N) is 1. The first-order valence-corrected chi connectivity index (χ1v) is 15.0. The molecule has 1 aromatic heterocycles. The van der Waals surface area contributed by atoms with Crippen molar-refractivity contribution < 1.29 is 9.53 Å². The number of carbonyl (C=O) groups excluding carboxylic acids is 1. The molecular formula is C29H37BrN4O2S. The Morgan fingerprint density at radius 2 is 1.95 bits per heavy atom. The minimum Gasteiger partial charge on any atom is -0.485 e. The first-order chi connectivity index (χ1) is 17.9. The van der Waals surface area contributed by atoms with Gasteiger partial charge in [-0.05, 0) is 67.0 Å². The number of anilines is 1. The van der Waals surface area contributed by atoms with Crippen LogP contribution in [0.2, 0.25) is 0 Å². The van der Waals surface area contributed by atoms with E-state index in [1.807, 2.05) is 24.3 Å². The molecule has 1 fully saturated rings. The van der Waals surface area contributed by atoms with Gasteiger partial charge in [0.05, 0.1) is 5.75 Å². The fourth-order valence-corrected chi connectivity index (χ4v) is 6.05. The zero-order valence-corrected chi connectivity index (χ0v) is 24.6. The maximum Gasteiger partial charge on any atom is 0.234 e. The monoisotopic (exact) mass is 584 g/mol. The lowest BCUT2D eigenvalue weighted by Gasteiger charge is -2.25. The van der Waals surface area contributed by atoms with Gasteiger partial charge < -0.3 is 10.1 Å². The minimum atomic E-state index is -0.0335. The lowest BCUT2D eigenvalue weighted by Crippen LogP contribution is -2.19. The number of aromatic nitrogens is 3. The van der Waals surface area contributed by atoms with Crippen molar-refractivity contribution in [2.45, 2.75) is 89.9 Å². The fourth-order valence-electron chi connectivity index (χ4n) is 4.87. The number of para-hydroxylation sites is 1. The number of hydrogen-bond acceptors (Lipinski definition) is 5. The Bertz CT molecular complexity index is 1220. The Kier molecular flexibility index (Phi) is 9.71. The second kappa shape index (κ2) is 13.0. The van der Waals surface area contributed by atoms with Crippen LogP contribution in [-0.4, -0.2) is 26.4 Å². The largest absolute Gasteiger partial charge is 0.485 e. The summed E-state index contributed by atoms with van der Waals surface area (Å²) in [4.78, 5) is 12.8. The van der Waals surface area contributed by atoms with Gasteiger partial charge in [-0.15, -0.1) is 10.2 Å². The number of nitrogens with zero attached hydrogens (tertiary/aromatic N) is 3. The third-order valence-electron chi connectivity index (χ3n) is 6.95. The predicted molar refractivity (Wildman–Crippen MR) is 155 cm³/mol. The smallest absolute Gasteiger partial charge is 0.234 e. The Morgan fingerprint density at radius 1 is 1.19 bits per heavy atom. The van der Waals surface area contributed by atoms with E-state index in [4.69, 9.17) is 4.74 Å². The molecule has 1 aliphatic rings. The molecule has 2 aromatic carbocycles. The summed E-state index contributed by atoms with van der Waals surface area (Å²) in [5.74, 6) is 2.30. The van der Waals surface area contributed by atoms with Crippen LogP contribution in [0, 0.1) is 6.92 Å². The highest BCUT2D eigenvalue weighted by molar-refractivity contribution is 9.10. The Labute approximate surface area is 233 Å². The maximum atomic E-state index is 12.8. The summed E-state index contributed by atoms with van der Waals surface area (Å²) in [6.45, 7) is 8.86. The lowest BCUT2D eigenvalue weighted by atomic mass is 9.95. The van der Waals surface area contributed by atoms with Crippen molar-refractivity contribution >= 4 is 39.3 Å². The molecule has 0 aliphatic heterocycles. The van der Waals surface area contributed by atoms with Gasteiger partial charge in [0.25, 0.3) is 0 Å². The summed E-state index contributed by atoms with van der Waals surface area (Å²) >= 11 is 5.10. The summed E-state index contributed by atoms with van der Waals surface area (Å²) in [6, 6.07) is 12.5. The van der Waals surface area contributed by atoms with E-state index in [1.165, 1.54) is 36.6 Å². The zero-order chi connectivity index (χ0) is 26.4. The Balaban J connectivity index is 1.51. The molecule has 8 heteroatoms. The van der Waals surface area contributed by atoms with E-state index in [0.29, 0.717) is 18.6 Å². The number of thioether (sulfide) groups is 1. The third-order valence-corrected chi connectivity index (χ3v) is 8.75. The molecule has 4 rings (SSSR count). The van der Waals surface area contributed by atoms with Crippen LogP contribution in [-0.2, 0) is 17.8 Å². The summed E-state index contributed by atoms with van der Waals surface area (Å²) in [5.41, 5.74) is 4.32. The van der Waals surface area contributed by atoms with Crippen molar-refractivity contribution in [3.63, 3.8) is 0 Å². The molecule has 1 amide bonds. The molecule has 0 saturated heterocycles. The van der Waals surface area contributed by atoms with Gasteiger partial charge in [0, 0.05) is 16.2 Å². The van der Waals surface area contributed by atoms with Crippen LogP contribution in [0.15, 0.2) is 46.0 Å². The van der Waals surface area contributed by atoms with E-state index in [9.17, 15) is 4.79 Å². The quantitative estimate of drug-likeness (QED) is 0.246. The van der Waals surface area contributed by atoms with Crippen molar-refractivity contribution in [1.29, 1.82) is 0 Å². The summed E-state index contributed by atoms with van der Waals surface area (Å²) < 4.78 is 9.69. The number of ether oxygens (including phenoxy) is 1. The second-order valence-electron chi connectivity index (χ2n) is 9.99. The molecular weight excluding hydrogens is 548 g/mol. The molecule has 1 saturated carbocycles. The molecule has 0 spiro atoms. The molecule has 198 valence electrons. The highest BCUT2D eigenvalue weighted by atomic mass is 79.9. The lowest BCUT2D eigenvalue weighted by molar-refractivity contribution is -0.113. The molecule has 0 radical (unpaired) electrons. The number of rotatable bonds is 10. The molecule has 0 atom stereocenters. The van der Waals surface area contributed by atoms with Crippen LogP contribution in [0.4, 0.5) is 5.69 Å². The van der Waals surface area contributed by atoms with Crippen molar-refractivity contribution in [2.24, 2.45) is 0 Å². The van der Waals surface area contributed by atoms with E-state index in [0.717, 1.165) is 57.3 Å². The van der Waals surface area contributed by atoms with Crippen LogP contribution in [0.5, 0.6) is 5.75 Å². The number of aryl methyl sites for hydroxylation is 2. The van der Waals surface area contributed by atoms with Gasteiger partial charge in [-0.2, -0.15) is 0 Å². The van der Waals surface area contributed by atoms with E-state index in [2.05, 4.69) is 75.8 Å². The number of halogens is 1. The topological polar surface area (TPSA) is 69.0 Å². The molecule has 0 bridgehead atoms. The first-order valence-electron chi connectivity index (χ1n) is 13.2. The van der Waals surface area contributed by atoms with Crippen LogP contribution < -0.4 is 10.1 Å².